The number of hydrogen-bond donors (Lipinski definition) is 2. The smallest absolute Gasteiger partial charge is 0.296 e. The molecule has 6 nitrogen and oxygen atoms in total. The summed E-state index contributed by atoms with van der Waals surface area (Å²) in [5.41, 5.74) is 0.566. The van der Waals surface area contributed by atoms with E-state index in [0.29, 0.717) is 5.56 Å². The van der Waals surface area contributed by atoms with E-state index in [1.165, 1.54) is 24.3 Å². The molecule has 3 rings (SSSR count). The van der Waals surface area contributed by atoms with Gasteiger partial charge in [-0.25, -0.2) is 4.98 Å². The minimum absolute atomic E-state index is 0.0215. The van der Waals surface area contributed by atoms with Crippen molar-refractivity contribution in [2.75, 3.05) is 0 Å². The van der Waals surface area contributed by atoms with Gasteiger partial charge in [-0.15, -0.1) is 0 Å². The van der Waals surface area contributed by atoms with Gasteiger partial charge in [-0.2, -0.15) is 8.42 Å². The van der Waals surface area contributed by atoms with Gasteiger partial charge in [-0.3, -0.25) is 4.55 Å². The minimum Gasteiger partial charge on any atom is -0.507 e. The molecule has 7 heteroatoms. The van der Waals surface area contributed by atoms with Crippen LogP contribution in [0.2, 0.25) is 0 Å². The molecule has 0 saturated carbocycles. The molecule has 0 aliphatic rings. The third-order valence-corrected chi connectivity index (χ3v) is 3.68. The van der Waals surface area contributed by atoms with Gasteiger partial charge in [0.05, 0.1) is 5.56 Å². The Balaban J connectivity index is 2.30. The summed E-state index contributed by atoms with van der Waals surface area (Å²) in [6, 6.07) is 10.6. The van der Waals surface area contributed by atoms with Crippen molar-refractivity contribution in [3.8, 4) is 17.2 Å². The number of aromatic nitrogens is 1. The van der Waals surface area contributed by atoms with E-state index in [9.17, 15) is 13.5 Å². The highest BCUT2D eigenvalue weighted by molar-refractivity contribution is 7.86. The first-order valence-corrected chi connectivity index (χ1v) is 7.06. The predicted molar refractivity (Wildman–Crippen MR) is 70.9 cm³/mol. The van der Waals surface area contributed by atoms with Crippen LogP contribution in [0, 0.1) is 0 Å². The first-order valence-electron chi connectivity index (χ1n) is 5.62. The van der Waals surface area contributed by atoms with Crippen LogP contribution in [0.25, 0.3) is 22.6 Å². The zero-order chi connectivity index (χ0) is 14.3. The third-order valence-electron chi connectivity index (χ3n) is 2.79. The highest BCUT2D eigenvalue weighted by Crippen LogP contribution is 2.32. The largest absolute Gasteiger partial charge is 0.507 e. The quantitative estimate of drug-likeness (QED) is 0.703. The van der Waals surface area contributed by atoms with Crippen LogP contribution in [0.4, 0.5) is 0 Å². The third kappa shape index (κ3) is 2.02. The van der Waals surface area contributed by atoms with Crippen molar-refractivity contribution in [1.82, 2.24) is 4.98 Å². The van der Waals surface area contributed by atoms with Crippen LogP contribution in [0.15, 0.2) is 51.8 Å². The van der Waals surface area contributed by atoms with Gasteiger partial charge in [0.25, 0.3) is 10.1 Å². The maximum absolute atomic E-state index is 11.3. The van der Waals surface area contributed by atoms with Crippen molar-refractivity contribution in [2.24, 2.45) is 0 Å². The van der Waals surface area contributed by atoms with E-state index in [-0.39, 0.29) is 27.6 Å². The lowest BCUT2D eigenvalue weighted by atomic mass is 10.2. The molecule has 0 unspecified atom stereocenters. The molecule has 0 atom stereocenters. The number of phenols is 1. The van der Waals surface area contributed by atoms with Crippen LogP contribution >= 0.6 is 0 Å². The van der Waals surface area contributed by atoms with Crippen molar-refractivity contribution >= 4 is 21.2 Å². The van der Waals surface area contributed by atoms with Crippen LogP contribution in [0.5, 0.6) is 5.75 Å². The molecule has 2 aromatic carbocycles. The first-order chi connectivity index (χ1) is 9.47. The number of para-hydroxylation sites is 2. The van der Waals surface area contributed by atoms with Gasteiger partial charge in [0.2, 0.25) is 5.89 Å². The standard InChI is InChI=1S/C13H9NO5S/c15-9-5-2-1-4-8(9)13-14-12-10(19-13)6-3-7-11(12)20(16,17)18/h1-7,15H,(H,16,17,18). The molecule has 0 amide bonds. The van der Waals surface area contributed by atoms with Gasteiger partial charge in [-0.05, 0) is 24.3 Å². The summed E-state index contributed by atoms with van der Waals surface area (Å²) < 4.78 is 37.2. The van der Waals surface area contributed by atoms with Crippen LogP contribution in [0.1, 0.15) is 0 Å². The van der Waals surface area contributed by atoms with Crippen molar-refractivity contribution < 1.29 is 22.5 Å². The van der Waals surface area contributed by atoms with E-state index in [4.69, 9.17) is 8.97 Å². The van der Waals surface area contributed by atoms with E-state index in [1.807, 2.05) is 0 Å². The fraction of sp³-hybridized carbons (Fsp3) is 0. The zero-order valence-corrected chi connectivity index (χ0v) is 10.8. The van der Waals surface area contributed by atoms with E-state index in [1.54, 1.807) is 18.2 Å². The number of benzene rings is 2. The molecule has 0 radical (unpaired) electrons. The second-order valence-corrected chi connectivity index (χ2v) is 5.50. The lowest BCUT2D eigenvalue weighted by molar-refractivity contribution is 0.474. The van der Waals surface area contributed by atoms with Gasteiger partial charge in [0.15, 0.2) is 5.58 Å². The van der Waals surface area contributed by atoms with Gasteiger partial charge in [0.1, 0.15) is 16.2 Å². The molecule has 3 aromatic rings. The summed E-state index contributed by atoms with van der Waals surface area (Å²) >= 11 is 0. The number of hydrogen-bond acceptors (Lipinski definition) is 5. The average molecular weight is 291 g/mol. The van der Waals surface area contributed by atoms with Crippen molar-refractivity contribution in [3.05, 3.63) is 42.5 Å². The van der Waals surface area contributed by atoms with Crippen molar-refractivity contribution in [2.45, 2.75) is 4.90 Å². The van der Waals surface area contributed by atoms with Gasteiger partial charge in [-0.1, -0.05) is 18.2 Å². The van der Waals surface area contributed by atoms with Crippen LogP contribution in [-0.2, 0) is 10.1 Å². The molecule has 0 fully saturated rings. The molecular formula is C13H9NO5S. The van der Waals surface area contributed by atoms with E-state index < -0.39 is 10.1 Å². The number of fused-ring (bicyclic) bond motifs is 1. The number of nitrogens with zero attached hydrogens (tertiary/aromatic N) is 1. The number of aromatic hydroxyl groups is 1. The Bertz CT molecular complexity index is 898. The summed E-state index contributed by atoms with van der Waals surface area (Å²) in [6.07, 6.45) is 0. The second kappa shape index (κ2) is 4.32. The number of phenolic OH excluding ortho intramolecular Hbond substituents is 1. The summed E-state index contributed by atoms with van der Waals surface area (Å²) in [4.78, 5) is 3.71. The van der Waals surface area contributed by atoms with Crippen molar-refractivity contribution in [3.63, 3.8) is 0 Å². The Morgan fingerprint density at radius 2 is 1.80 bits per heavy atom. The van der Waals surface area contributed by atoms with Gasteiger partial charge < -0.3 is 9.52 Å². The topological polar surface area (TPSA) is 101 Å². The molecule has 1 heterocycles. The van der Waals surface area contributed by atoms with E-state index >= 15 is 0 Å². The summed E-state index contributed by atoms with van der Waals surface area (Å²) in [6.45, 7) is 0. The zero-order valence-electron chi connectivity index (χ0n) is 10.0. The normalized spacial score (nSPS) is 11.8. The van der Waals surface area contributed by atoms with Crippen molar-refractivity contribution in [1.29, 1.82) is 0 Å². The van der Waals surface area contributed by atoms with Crippen LogP contribution < -0.4 is 0 Å². The monoisotopic (exact) mass is 291 g/mol. The van der Waals surface area contributed by atoms with Gasteiger partial charge >= 0.3 is 0 Å². The lowest BCUT2D eigenvalue weighted by Gasteiger charge is -1.97. The predicted octanol–water partition coefficient (Wildman–Crippen LogP) is 2.45. The molecule has 0 aliphatic carbocycles. The first kappa shape index (κ1) is 12.6. The SMILES string of the molecule is O=S(=O)(O)c1cccc2oc(-c3ccccc3O)nc12. The molecule has 2 N–H and O–H groups in total. The Hall–Kier alpha value is -2.38. The summed E-state index contributed by atoms with van der Waals surface area (Å²) in [7, 11) is -4.39. The Morgan fingerprint density at radius 1 is 1.05 bits per heavy atom. The molecule has 1 aromatic heterocycles. The van der Waals surface area contributed by atoms with E-state index in [0.717, 1.165) is 0 Å². The molecule has 20 heavy (non-hydrogen) atoms. The summed E-state index contributed by atoms with van der Waals surface area (Å²) in [5.74, 6) is 0.0432. The molecule has 0 aliphatic heterocycles. The second-order valence-electron chi connectivity index (χ2n) is 4.11. The lowest BCUT2D eigenvalue weighted by Crippen LogP contribution is -1.98. The Labute approximate surface area is 114 Å². The maximum Gasteiger partial charge on any atom is 0.296 e. The number of rotatable bonds is 2. The molecule has 0 saturated heterocycles. The van der Waals surface area contributed by atoms with Crippen LogP contribution in [-0.4, -0.2) is 23.1 Å². The van der Waals surface area contributed by atoms with Crippen LogP contribution in [0.3, 0.4) is 0 Å². The average Bonchev–Trinajstić information content (AvgIpc) is 2.81. The fourth-order valence-electron chi connectivity index (χ4n) is 1.90. The highest BCUT2D eigenvalue weighted by atomic mass is 32.2. The molecule has 102 valence electrons. The minimum atomic E-state index is -4.39. The molecule has 0 spiro atoms. The Morgan fingerprint density at radius 3 is 2.50 bits per heavy atom. The summed E-state index contributed by atoms with van der Waals surface area (Å²) in [5, 5.41) is 9.75. The highest BCUT2D eigenvalue weighted by Gasteiger charge is 2.19. The molecule has 0 bridgehead atoms. The molecular weight excluding hydrogens is 282 g/mol. The maximum atomic E-state index is 11.3. The van der Waals surface area contributed by atoms with Gasteiger partial charge in [0, 0.05) is 0 Å². The Kier molecular flexibility index (Phi) is 2.73. The fourth-order valence-corrected chi connectivity index (χ4v) is 2.54. The number of oxazole rings is 1. The van der Waals surface area contributed by atoms with E-state index in [2.05, 4.69) is 4.98 Å².